The monoisotopic (exact) mass is 388 g/mol. The first kappa shape index (κ1) is 19.5. The molecule has 25 heavy (non-hydrogen) atoms. The minimum Gasteiger partial charge on any atom is -0.350 e. The van der Waals surface area contributed by atoms with Crippen molar-refractivity contribution in [3.8, 4) is 0 Å². The van der Waals surface area contributed by atoms with Gasteiger partial charge >= 0.3 is 0 Å². The molecule has 136 valence electrons. The molecule has 1 heterocycles. The van der Waals surface area contributed by atoms with E-state index in [1.54, 1.807) is 11.8 Å². The quantitative estimate of drug-likeness (QED) is 0.618. The molecular weight excluding hydrogens is 371 g/mol. The summed E-state index contributed by atoms with van der Waals surface area (Å²) in [6, 6.07) is 3.47. The number of nitrogens with zero attached hydrogens (tertiary/aromatic N) is 3. The molecule has 3 rings (SSSR count). The molecule has 2 fully saturated rings. The van der Waals surface area contributed by atoms with E-state index in [4.69, 9.17) is 0 Å². The number of hydrogen-bond donors (Lipinski definition) is 1. The van der Waals surface area contributed by atoms with Gasteiger partial charge in [0.25, 0.3) is 5.69 Å². The number of rotatable bonds is 5. The van der Waals surface area contributed by atoms with Crippen LogP contribution in [0, 0.1) is 15.9 Å². The van der Waals surface area contributed by atoms with E-state index in [-0.39, 0.29) is 42.2 Å². The summed E-state index contributed by atoms with van der Waals surface area (Å²) in [4.78, 5) is 28.9. The van der Waals surface area contributed by atoms with E-state index in [1.165, 1.54) is 0 Å². The van der Waals surface area contributed by atoms with Crippen LogP contribution in [-0.2, 0) is 4.79 Å². The van der Waals surface area contributed by atoms with E-state index in [1.807, 2.05) is 11.9 Å². The van der Waals surface area contributed by atoms with Crippen LogP contribution in [0.5, 0.6) is 0 Å². The second-order valence-electron chi connectivity index (χ2n) is 5.89. The van der Waals surface area contributed by atoms with Gasteiger partial charge in [0.1, 0.15) is 5.82 Å². The molecule has 1 aliphatic carbocycles. The van der Waals surface area contributed by atoms with Crippen molar-refractivity contribution in [3.05, 3.63) is 34.1 Å². The Morgan fingerprint density at radius 1 is 1.52 bits per heavy atom. The topological polar surface area (TPSA) is 87.8 Å². The van der Waals surface area contributed by atoms with Crippen LogP contribution in [0.25, 0.3) is 0 Å². The Labute approximate surface area is 154 Å². The van der Waals surface area contributed by atoms with Gasteiger partial charge in [-0.1, -0.05) is 11.8 Å². The second-order valence-corrected chi connectivity index (χ2v) is 6.88. The van der Waals surface area contributed by atoms with Crippen molar-refractivity contribution in [1.82, 2.24) is 4.90 Å². The van der Waals surface area contributed by atoms with Gasteiger partial charge in [0.2, 0.25) is 5.91 Å². The smallest absolute Gasteiger partial charge is 0.271 e. The summed E-state index contributed by atoms with van der Waals surface area (Å²) < 4.78 is 13.7. The van der Waals surface area contributed by atoms with Crippen LogP contribution in [0.15, 0.2) is 23.2 Å². The number of anilines is 1. The number of carbonyl (C=O) groups is 1. The maximum atomic E-state index is 13.7. The fourth-order valence-electron chi connectivity index (χ4n) is 2.36. The van der Waals surface area contributed by atoms with Crippen molar-refractivity contribution in [1.29, 1.82) is 0 Å². The number of nitro groups is 1. The number of carbonyl (C=O) groups excluding carboxylic acids is 1. The van der Waals surface area contributed by atoms with E-state index in [2.05, 4.69) is 10.3 Å². The summed E-state index contributed by atoms with van der Waals surface area (Å²) in [6.45, 7) is 0. The normalized spacial score (nSPS) is 21.1. The fourth-order valence-corrected chi connectivity index (χ4v) is 3.62. The molecule has 1 aliphatic heterocycles. The number of non-ortho nitro benzene ring substituents is 1. The Bertz CT molecular complexity index is 714. The SMILES string of the molecule is CN1/C(=N/C2CC2)SCC1CC(=O)Nc1cc([N+](=O)[O-])ccc1F.Cl. The molecule has 0 bridgehead atoms. The van der Waals surface area contributed by atoms with Crippen molar-refractivity contribution in [2.45, 2.75) is 31.3 Å². The Morgan fingerprint density at radius 2 is 2.24 bits per heavy atom. The molecule has 10 heteroatoms. The van der Waals surface area contributed by atoms with Gasteiger partial charge in [-0.3, -0.25) is 19.9 Å². The molecule has 1 aromatic rings. The lowest BCUT2D eigenvalue weighted by Gasteiger charge is -2.20. The minimum absolute atomic E-state index is 0. The molecule has 1 aromatic carbocycles. The summed E-state index contributed by atoms with van der Waals surface area (Å²) in [7, 11) is 1.90. The van der Waals surface area contributed by atoms with Crippen molar-refractivity contribution in [2.75, 3.05) is 18.1 Å². The first-order valence-corrected chi connectivity index (χ1v) is 8.60. The Kier molecular flexibility index (Phi) is 6.23. The number of hydrogen-bond acceptors (Lipinski definition) is 5. The van der Waals surface area contributed by atoms with Gasteiger partial charge in [-0.15, -0.1) is 12.4 Å². The third kappa shape index (κ3) is 4.82. The summed E-state index contributed by atoms with van der Waals surface area (Å²) >= 11 is 1.62. The first-order valence-electron chi connectivity index (χ1n) is 7.61. The predicted molar refractivity (Wildman–Crippen MR) is 98.0 cm³/mol. The standard InChI is InChI=1S/C15H17FN4O3S.ClH/c1-19-11(8-24-15(19)17-9-2-3-9)7-14(21)18-13-6-10(20(22)23)4-5-12(13)16;/h4-6,9,11H,2-3,7-8H2,1H3,(H,18,21);1H/b17-15-;. The average molecular weight is 389 g/mol. The zero-order valence-corrected chi connectivity index (χ0v) is 15.1. The highest BCUT2D eigenvalue weighted by molar-refractivity contribution is 8.14. The number of nitrogens with one attached hydrogen (secondary N) is 1. The van der Waals surface area contributed by atoms with Crippen molar-refractivity contribution >= 4 is 46.6 Å². The van der Waals surface area contributed by atoms with Crippen molar-refractivity contribution < 1.29 is 14.1 Å². The van der Waals surface area contributed by atoms with Gasteiger partial charge < -0.3 is 10.2 Å². The maximum absolute atomic E-state index is 13.7. The van der Waals surface area contributed by atoms with Gasteiger partial charge in [-0.2, -0.15) is 0 Å². The molecule has 1 unspecified atom stereocenters. The molecular formula is C15H18ClFN4O3S. The number of thioether (sulfide) groups is 1. The van der Waals surface area contributed by atoms with Crippen LogP contribution in [-0.4, -0.2) is 45.8 Å². The van der Waals surface area contributed by atoms with E-state index in [0.29, 0.717) is 6.04 Å². The van der Waals surface area contributed by atoms with E-state index >= 15 is 0 Å². The second kappa shape index (κ2) is 8.01. The highest BCUT2D eigenvalue weighted by Gasteiger charge is 2.31. The number of amidine groups is 1. The van der Waals surface area contributed by atoms with Crippen molar-refractivity contribution in [2.24, 2.45) is 4.99 Å². The lowest BCUT2D eigenvalue weighted by atomic mass is 10.2. The van der Waals surface area contributed by atoms with E-state index < -0.39 is 10.7 Å². The fraction of sp³-hybridized carbons (Fsp3) is 0.467. The predicted octanol–water partition coefficient (Wildman–Crippen LogP) is 3.05. The van der Waals surface area contributed by atoms with Gasteiger partial charge in [-0.25, -0.2) is 4.39 Å². The van der Waals surface area contributed by atoms with Crippen LogP contribution in [0.2, 0.25) is 0 Å². The number of amides is 1. The molecule has 1 N–H and O–H groups in total. The van der Waals surface area contributed by atoms with Crippen LogP contribution in [0.4, 0.5) is 15.8 Å². The summed E-state index contributed by atoms with van der Waals surface area (Å²) in [5, 5.41) is 14.1. The average Bonchev–Trinajstić information content (AvgIpc) is 3.29. The highest BCUT2D eigenvalue weighted by atomic mass is 35.5. The Morgan fingerprint density at radius 3 is 2.88 bits per heavy atom. The van der Waals surface area contributed by atoms with Gasteiger partial charge in [0, 0.05) is 37.4 Å². The summed E-state index contributed by atoms with van der Waals surface area (Å²) in [5.74, 6) is -0.328. The third-order valence-corrected chi connectivity index (χ3v) is 5.15. The van der Waals surface area contributed by atoms with Gasteiger partial charge in [0.05, 0.1) is 16.7 Å². The molecule has 0 spiro atoms. The van der Waals surface area contributed by atoms with Gasteiger partial charge in [0.15, 0.2) is 5.17 Å². The van der Waals surface area contributed by atoms with Crippen LogP contribution in [0.3, 0.4) is 0 Å². The zero-order chi connectivity index (χ0) is 17.3. The maximum Gasteiger partial charge on any atom is 0.271 e. The number of benzene rings is 1. The molecule has 1 amide bonds. The third-order valence-electron chi connectivity index (χ3n) is 3.95. The van der Waals surface area contributed by atoms with Crippen LogP contribution >= 0.6 is 24.2 Å². The van der Waals surface area contributed by atoms with Crippen molar-refractivity contribution in [3.63, 3.8) is 0 Å². The largest absolute Gasteiger partial charge is 0.350 e. The lowest BCUT2D eigenvalue weighted by molar-refractivity contribution is -0.384. The van der Waals surface area contributed by atoms with Crippen LogP contribution in [0.1, 0.15) is 19.3 Å². The molecule has 0 aromatic heterocycles. The first-order chi connectivity index (χ1) is 11.4. The molecule has 1 saturated heterocycles. The van der Waals surface area contributed by atoms with E-state index in [9.17, 15) is 19.3 Å². The lowest BCUT2D eigenvalue weighted by Crippen LogP contribution is -2.33. The molecule has 7 nitrogen and oxygen atoms in total. The number of halogens is 2. The number of aliphatic imine (C=N–C) groups is 1. The summed E-state index contributed by atoms with van der Waals surface area (Å²) in [6.07, 6.45) is 2.42. The van der Waals surface area contributed by atoms with E-state index in [0.717, 1.165) is 42.0 Å². The highest BCUT2D eigenvalue weighted by Crippen LogP contribution is 2.30. The zero-order valence-electron chi connectivity index (χ0n) is 13.5. The minimum atomic E-state index is -0.695. The molecule has 0 radical (unpaired) electrons. The molecule has 2 aliphatic rings. The molecule has 1 saturated carbocycles. The molecule has 1 atom stereocenters. The summed E-state index contributed by atoms with van der Waals surface area (Å²) in [5.41, 5.74) is -0.437. The van der Waals surface area contributed by atoms with Crippen LogP contribution < -0.4 is 5.32 Å². The number of nitro benzene ring substituents is 1. The van der Waals surface area contributed by atoms with Gasteiger partial charge in [-0.05, 0) is 18.9 Å². The Balaban J connectivity index is 0.00000225. The Hall–Kier alpha value is -1.87.